The van der Waals surface area contributed by atoms with Crippen LogP contribution in [0.3, 0.4) is 0 Å². The molecule has 1 saturated carbocycles. The first kappa shape index (κ1) is 18.6. The largest absolute Gasteiger partial charge is 0.373 e. The molecule has 7 heteroatoms. The Bertz CT molecular complexity index is 870. The van der Waals surface area contributed by atoms with Crippen LogP contribution in [0.25, 0.3) is 0 Å². The Morgan fingerprint density at radius 3 is 2.56 bits per heavy atom. The van der Waals surface area contributed by atoms with E-state index in [0.29, 0.717) is 24.8 Å². The quantitative estimate of drug-likeness (QED) is 0.702. The van der Waals surface area contributed by atoms with E-state index < -0.39 is 20.9 Å². The lowest BCUT2D eigenvalue weighted by Gasteiger charge is -2.14. The fourth-order valence-corrected chi connectivity index (χ4v) is 5.49. The maximum absolute atomic E-state index is 13.4. The average Bonchev–Trinajstić information content (AvgIpc) is 3.06. The van der Waals surface area contributed by atoms with Crippen LogP contribution in [0.15, 0.2) is 47.4 Å². The highest BCUT2D eigenvalue weighted by Crippen LogP contribution is 2.34. The smallest absolute Gasteiger partial charge is 0.182 e. The van der Waals surface area contributed by atoms with Gasteiger partial charge in [-0.25, -0.2) is 12.8 Å². The molecular weight excluding hydrogens is 386 g/mol. The van der Waals surface area contributed by atoms with Crippen molar-refractivity contribution in [1.82, 2.24) is 0 Å². The van der Waals surface area contributed by atoms with Crippen molar-refractivity contribution in [3.63, 3.8) is 0 Å². The Morgan fingerprint density at radius 2 is 1.84 bits per heavy atom. The molecule has 0 N–H and O–H groups in total. The molecule has 0 unspecified atom stereocenters. The maximum atomic E-state index is 13.4. The Hall–Kier alpha value is -1.14. The second kappa shape index (κ2) is 7.62. The molecule has 1 aliphatic carbocycles. The number of sulfone groups is 1. The van der Waals surface area contributed by atoms with Crippen molar-refractivity contribution in [2.24, 2.45) is 0 Å². The zero-order valence-electron chi connectivity index (χ0n) is 13.3. The minimum atomic E-state index is -3.49. The summed E-state index contributed by atoms with van der Waals surface area (Å²) in [6.07, 6.45) is 1.39. The molecule has 0 aromatic heterocycles. The van der Waals surface area contributed by atoms with E-state index in [0.717, 1.165) is 0 Å². The molecule has 0 heterocycles. The predicted molar refractivity (Wildman–Crippen MR) is 96.3 cm³/mol. The Morgan fingerprint density at radius 1 is 1.08 bits per heavy atom. The van der Waals surface area contributed by atoms with E-state index in [1.807, 2.05) is 0 Å². The van der Waals surface area contributed by atoms with Crippen molar-refractivity contribution in [1.29, 1.82) is 0 Å². The summed E-state index contributed by atoms with van der Waals surface area (Å²) in [5.41, 5.74) is 0.666. The molecule has 1 fully saturated rings. The molecule has 2 aromatic carbocycles. The van der Waals surface area contributed by atoms with Gasteiger partial charge in [0.05, 0.1) is 32.9 Å². The van der Waals surface area contributed by atoms with Crippen molar-refractivity contribution >= 4 is 33.0 Å². The lowest BCUT2D eigenvalue weighted by molar-refractivity contribution is 0.0457. The minimum Gasteiger partial charge on any atom is -0.373 e. The molecule has 0 aliphatic heterocycles. The second-order valence-electron chi connectivity index (χ2n) is 6.09. The fourth-order valence-electron chi connectivity index (χ4n) is 3.03. The van der Waals surface area contributed by atoms with Gasteiger partial charge in [-0.1, -0.05) is 41.4 Å². The third kappa shape index (κ3) is 4.17. The van der Waals surface area contributed by atoms with Crippen LogP contribution in [0.1, 0.15) is 24.8 Å². The van der Waals surface area contributed by atoms with E-state index in [1.54, 1.807) is 24.3 Å². The first-order valence-corrected chi connectivity index (χ1v) is 10.2. The summed E-state index contributed by atoms with van der Waals surface area (Å²) in [7, 11) is -3.49. The maximum Gasteiger partial charge on any atom is 0.182 e. The fraction of sp³-hybridized carbons (Fsp3) is 0.333. The van der Waals surface area contributed by atoms with Gasteiger partial charge in [0.1, 0.15) is 5.82 Å². The van der Waals surface area contributed by atoms with E-state index in [-0.39, 0.29) is 27.7 Å². The van der Waals surface area contributed by atoms with Crippen molar-refractivity contribution < 1.29 is 17.5 Å². The summed E-state index contributed by atoms with van der Waals surface area (Å²) < 4.78 is 44.7. The SMILES string of the molecule is O=S(=O)(c1ccccc1Cl)[C@H]1CC[C@H](OCc2ccc(Cl)c(F)c2)C1. The van der Waals surface area contributed by atoms with Crippen molar-refractivity contribution in [3.05, 3.63) is 63.9 Å². The van der Waals surface area contributed by atoms with Crippen molar-refractivity contribution in [2.45, 2.75) is 42.1 Å². The van der Waals surface area contributed by atoms with Crippen LogP contribution in [-0.2, 0) is 21.2 Å². The van der Waals surface area contributed by atoms with Gasteiger partial charge >= 0.3 is 0 Å². The van der Waals surface area contributed by atoms with Crippen LogP contribution >= 0.6 is 23.2 Å². The van der Waals surface area contributed by atoms with E-state index in [2.05, 4.69) is 0 Å². The van der Waals surface area contributed by atoms with Crippen LogP contribution in [0, 0.1) is 5.82 Å². The highest BCUT2D eigenvalue weighted by molar-refractivity contribution is 7.92. The number of ether oxygens (including phenoxy) is 1. The number of hydrogen-bond acceptors (Lipinski definition) is 3. The van der Waals surface area contributed by atoms with Gasteiger partial charge in [-0.2, -0.15) is 0 Å². The molecule has 134 valence electrons. The molecule has 0 bridgehead atoms. The van der Waals surface area contributed by atoms with Crippen molar-refractivity contribution in [3.8, 4) is 0 Å². The standard InChI is InChI=1S/C18H17Cl2FO3S/c19-15-8-5-12(9-17(15)21)11-24-13-6-7-14(10-13)25(22,23)18-4-2-1-3-16(18)20/h1-5,8-9,13-14H,6-7,10-11H2/t13-,14-/m0/s1. The molecule has 2 atom stereocenters. The zero-order chi connectivity index (χ0) is 18.0. The van der Waals surface area contributed by atoms with Gasteiger partial charge in [-0.15, -0.1) is 0 Å². The van der Waals surface area contributed by atoms with Crippen LogP contribution in [0.2, 0.25) is 10.0 Å². The molecule has 3 nitrogen and oxygen atoms in total. The van der Waals surface area contributed by atoms with Crippen LogP contribution in [0.5, 0.6) is 0 Å². The van der Waals surface area contributed by atoms with E-state index in [9.17, 15) is 12.8 Å². The highest BCUT2D eigenvalue weighted by Gasteiger charge is 2.36. The summed E-state index contributed by atoms with van der Waals surface area (Å²) in [5, 5.41) is -0.210. The normalized spacial score (nSPS) is 20.8. The second-order valence-corrected chi connectivity index (χ2v) is 9.10. The van der Waals surface area contributed by atoms with Crippen LogP contribution < -0.4 is 0 Å². The van der Waals surface area contributed by atoms with E-state index in [1.165, 1.54) is 18.2 Å². The summed E-state index contributed by atoms with van der Waals surface area (Å²) in [6.45, 7) is 0.220. The Balaban J connectivity index is 1.63. The van der Waals surface area contributed by atoms with Crippen LogP contribution in [0.4, 0.5) is 4.39 Å². The van der Waals surface area contributed by atoms with Crippen LogP contribution in [-0.4, -0.2) is 19.8 Å². The number of benzene rings is 2. The van der Waals surface area contributed by atoms with Gasteiger partial charge < -0.3 is 4.74 Å². The average molecular weight is 403 g/mol. The Labute approximate surface area is 156 Å². The highest BCUT2D eigenvalue weighted by atomic mass is 35.5. The van der Waals surface area contributed by atoms with Gasteiger partial charge in [0.2, 0.25) is 0 Å². The van der Waals surface area contributed by atoms with Gasteiger partial charge in [0.25, 0.3) is 0 Å². The third-order valence-electron chi connectivity index (χ3n) is 4.39. The first-order valence-electron chi connectivity index (χ1n) is 7.92. The molecule has 0 saturated heterocycles. The summed E-state index contributed by atoms with van der Waals surface area (Å²) in [5.74, 6) is -0.492. The van der Waals surface area contributed by atoms with Gasteiger partial charge in [0, 0.05) is 0 Å². The first-order chi connectivity index (χ1) is 11.9. The Kier molecular flexibility index (Phi) is 5.68. The monoisotopic (exact) mass is 402 g/mol. The van der Waals surface area contributed by atoms with E-state index >= 15 is 0 Å². The van der Waals surface area contributed by atoms with Crippen molar-refractivity contribution in [2.75, 3.05) is 0 Å². The molecular formula is C18H17Cl2FO3S. The van der Waals surface area contributed by atoms with Gasteiger partial charge in [0.15, 0.2) is 9.84 Å². The molecule has 0 spiro atoms. The third-order valence-corrected chi connectivity index (χ3v) is 7.41. The summed E-state index contributed by atoms with van der Waals surface area (Å²) in [4.78, 5) is 0.169. The molecule has 0 amide bonds. The zero-order valence-corrected chi connectivity index (χ0v) is 15.6. The predicted octanol–water partition coefficient (Wildman–Crippen LogP) is 5.04. The summed E-state index contributed by atoms with van der Waals surface area (Å²) >= 11 is 11.7. The molecule has 3 rings (SSSR count). The number of halogens is 3. The number of hydrogen-bond donors (Lipinski definition) is 0. The molecule has 2 aromatic rings. The van der Waals surface area contributed by atoms with Gasteiger partial charge in [-0.05, 0) is 49.1 Å². The summed E-state index contributed by atoms with van der Waals surface area (Å²) in [6, 6.07) is 11.0. The van der Waals surface area contributed by atoms with Gasteiger partial charge in [-0.3, -0.25) is 0 Å². The lowest BCUT2D eigenvalue weighted by Crippen LogP contribution is -2.20. The topological polar surface area (TPSA) is 43.4 Å². The molecule has 25 heavy (non-hydrogen) atoms. The lowest BCUT2D eigenvalue weighted by atomic mass is 10.2. The van der Waals surface area contributed by atoms with E-state index in [4.69, 9.17) is 27.9 Å². The number of rotatable bonds is 5. The molecule has 1 aliphatic rings. The minimum absolute atomic E-state index is 0.0653. The molecule has 0 radical (unpaired) electrons.